The lowest BCUT2D eigenvalue weighted by molar-refractivity contribution is -0.385. The highest BCUT2D eigenvalue weighted by Crippen LogP contribution is 2.36. The highest BCUT2D eigenvalue weighted by Gasteiger charge is 2.17. The molecule has 2 aromatic rings. The van der Waals surface area contributed by atoms with E-state index in [0.29, 0.717) is 17.1 Å². The maximum Gasteiger partial charge on any atom is 0.311 e. The Morgan fingerprint density at radius 2 is 2.11 bits per heavy atom. The number of benzene rings is 2. The number of aryl methyl sites for hydroxylation is 1. The number of hydrogen-bond donors (Lipinski definition) is 1. The number of hydrazone groups is 1. The molecule has 0 saturated carbocycles. The molecule has 0 radical (unpaired) electrons. The quantitative estimate of drug-likeness (QED) is 0.424. The summed E-state index contributed by atoms with van der Waals surface area (Å²) in [6.45, 7) is 1.47. The van der Waals surface area contributed by atoms with E-state index in [4.69, 9.17) is 14.2 Å². The molecule has 0 aliphatic carbocycles. The summed E-state index contributed by atoms with van der Waals surface area (Å²) in [6, 6.07) is 7.95. The molecule has 0 unspecified atom stereocenters. The summed E-state index contributed by atoms with van der Waals surface area (Å²) in [6.07, 6.45) is 1.43. The molecule has 1 N–H and O–H groups in total. The predicted octanol–water partition coefficient (Wildman–Crippen LogP) is 2.92. The second-order valence-electron chi connectivity index (χ2n) is 5.54. The second kappa shape index (κ2) is 8.04. The van der Waals surface area contributed by atoms with Gasteiger partial charge in [0.25, 0.3) is 5.91 Å². The van der Waals surface area contributed by atoms with E-state index in [0.717, 1.165) is 10.0 Å². The van der Waals surface area contributed by atoms with Gasteiger partial charge >= 0.3 is 5.69 Å². The molecular weight excluding hydrogens is 422 g/mol. The number of nitro groups is 1. The number of carbonyl (C=O) groups excluding carboxylic acids is 1. The van der Waals surface area contributed by atoms with Gasteiger partial charge in [-0.3, -0.25) is 14.9 Å². The number of rotatable bonds is 6. The SMILES string of the molecule is Cc1ccc(OCC(=O)N/N=C/c2cc3c(cc2Br)OCO3)c([N+](=O)[O-])c1. The van der Waals surface area contributed by atoms with Crippen LogP contribution in [0.4, 0.5) is 5.69 Å². The fourth-order valence-corrected chi connectivity index (χ4v) is 2.70. The van der Waals surface area contributed by atoms with Crippen molar-refractivity contribution in [2.24, 2.45) is 5.10 Å². The van der Waals surface area contributed by atoms with Crippen LogP contribution in [-0.4, -0.2) is 30.4 Å². The first-order valence-electron chi connectivity index (χ1n) is 7.73. The number of hydrogen-bond acceptors (Lipinski definition) is 7. The molecule has 10 heteroatoms. The van der Waals surface area contributed by atoms with Gasteiger partial charge in [0.2, 0.25) is 6.79 Å². The van der Waals surface area contributed by atoms with Crippen molar-refractivity contribution < 1.29 is 23.9 Å². The van der Waals surface area contributed by atoms with E-state index in [9.17, 15) is 14.9 Å². The van der Waals surface area contributed by atoms with Gasteiger partial charge in [0.05, 0.1) is 11.1 Å². The van der Waals surface area contributed by atoms with Crippen LogP contribution in [0.1, 0.15) is 11.1 Å². The number of nitrogens with one attached hydrogen (secondary N) is 1. The van der Waals surface area contributed by atoms with E-state index in [1.165, 1.54) is 18.3 Å². The Morgan fingerprint density at radius 1 is 1.37 bits per heavy atom. The van der Waals surface area contributed by atoms with Gasteiger partial charge in [-0.25, -0.2) is 5.43 Å². The van der Waals surface area contributed by atoms with Crippen molar-refractivity contribution in [3.05, 3.63) is 56.0 Å². The molecule has 2 aromatic carbocycles. The van der Waals surface area contributed by atoms with Gasteiger partial charge in [0, 0.05) is 16.1 Å². The molecule has 0 fully saturated rings. The first-order valence-corrected chi connectivity index (χ1v) is 8.52. The van der Waals surface area contributed by atoms with Gasteiger partial charge < -0.3 is 14.2 Å². The Bertz CT molecular complexity index is 931. The number of fused-ring (bicyclic) bond motifs is 1. The molecule has 140 valence electrons. The van der Waals surface area contributed by atoms with Crippen molar-refractivity contribution in [1.82, 2.24) is 5.43 Å². The van der Waals surface area contributed by atoms with Gasteiger partial charge in [0.15, 0.2) is 23.9 Å². The Morgan fingerprint density at radius 3 is 2.85 bits per heavy atom. The minimum absolute atomic E-state index is 0.0169. The highest BCUT2D eigenvalue weighted by atomic mass is 79.9. The first kappa shape index (κ1) is 18.6. The molecule has 0 atom stereocenters. The standard InChI is InChI=1S/C17H14BrN3O6/c1-10-2-3-14(13(4-10)21(23)24)25-8-17(22)20-19-7-11-5-15-16(6-12(11)18)27-9-26-15/h2-7H,8-9H2,1H3,(H,20,22)/b19-7+. The fourth-order valence-electron chi connectivity index (χ4n) is 2.27. The van der Waals surface area contributed by atoms with Gasteiger partial charge in [-0.1, -0.05) is 6.07 Å². The number of halogens is 1. The first-order chi connectivity index (χ1) is 12.9. The van der Waals surface area contributed by atoms with Crippen molar-refractivity contribution >= 4 is 33.7 Å². The highest BCUT2D eigenvalue weighted by molar-refractivity contribution is 9.10. The van der Waals surface area contributed by atoms with Crippen LogP contribution in [0, 0.1) is 17.0 Å². The van der Waals surface area contributed by atoms with Gasteiger partial charge in [-0.15, -0.1) is 0 Å². The van der Waals surface area contributed by atoms with Crippen LogP contribution < -0.4 is 19.6 Å². The Hall–Kier alpha value is -3.14. The van der Waals surface area contributed by atoms with Gasteiger partial charge in [0.1, 0.15) is 0 Å². The molecule has 0 spiro atoms. The fraction of sp³-hybridized carbons (Fsp3) is 0.176. The largest absolute Gasteiger partial charge is 0.477 e. The number of ether oxygens (including phenoxy) is 3. The second-order valence-corrected chi connectivity index (χ2v) is 6.39. The van der Waals surface area contributed by atoms with E-state index < -0.39 is 17.4 Å². The Labute approximate surface area is 162 Å². The Kier molecular flexibility index (Phi) is 5.55. The third-order valence-electron chi connectivity index (χ3n) is 3.55. The number of nitrogens with zero attached hydrogens (tertiary/aromatic N) is 2. The normalized spacial score (nSPS) is 12.2. The molecule has 9 nitrogen and oxygen atoms in total. The predicted molar refractivity (Wildman–Crippen MR) is 99.3 cm³/mol. The lowest BCUT2D eigenvalue weighted by Gasteiger charge is -2.06. The lowest BCUT2D eigenvalue weighted by atomic mass is 10.2. The zero-order chi connectivity index (χ0) is 19.4. The lowest BCUT2D eigenvalue weighted by Crippen LogP contribution is -2.24. The van der Waals surface area contributed by atoms with Crippen LogP contribution >= 0.6 is 15.9 Å². The third kappa shape index (κ3) is 4.53. The molecule has 1 aliphatic rings. The number of amides is 1. The topological polar surface area (TPSA) is 112 Å². The third-order valence-corrected chi connectivity index (χ3v) is 4.24. The molecular formula is C17H14BrN3O6. The van der Waals surface area contributed by atoms with Gasteiger partial charge in [-0.2, -0.15) is 5.10 Å². The summed E-state index contributed by atoms with van der Waals surface area (Å²) in [7, 11) is 0. The monoisotopic (exact) mass is 435 g/mol. The summed E-state index contributed by atoms with van der Waals surface area (Å²) in [5.74, 6) is 0.665. The van der Waals surface area contributed by atoms with Crippen molar-refractivity contribution in [3.8, 4) is 17.2 Å². The molecule has 0 bridgehead atoms. The van der Waals surface area contributed by atoms with Crippen LogP contribution in [0.2, 0.25) is 0 Å². The molecule has 1 aliphatic heterocycles. The molecule has 1 amide bonds. The van der Waals surface area contributed by atoms with Crippen LogP contribution in [0.5, 0.6) is 17.2 Å². The smallest absolute Gasteiger partial charge is 0.311 e. The van der Waals surface area contributed by atoms with Crippen molar-refractivity contribution in [3.63, 3.8) is 0 Å². The van der Waals surface area contributed by atoms with E-state index in [2.05, 4.69) is 26.5 Å². The van der Waals surface area contributed by atoms with E-state index in [1.54, 1.807) is 25.1 Å². The van der Waals surface area contributed by atoms with Gasteiger partial charge in [-0.05, 0) is 46.6 Å². The molecule has 3 rings (SSSR count). The average Bonchev–Trinajstić information content (AvgIpc) is 3.07. The molecule has 0 saturated heterocycles. The van der Waals surface area contributed by atoms with Crippen molar-refractivity contribution in [2.45, 2.75) is 6.92 Å². The van der Waals surface area contributed by atoms with Crippen LogP contribution in [-0.2, 0) is 4.79 Å². The minimum Gasteiger partial charge on any atom is -0.477 e. The van der Waals surface area contributed by atoms with Crippen molar-refractivity contribution in [2.75, 3.05) is 13.4 Å². The molecule has 1 heterocycles. The van der Waals surface area contributed by atoms with E-state index >= 15 is 0 Å². The number of nitro benzene ring substituents is 1. The molecule has 0 aromatic heterocycles. The van der Waals surface area contributed by atoms with E-state index in [1.807, 2.05) is 0 Å². The maximum atomic E-state index is 11.9. The number of carbonyl (C=O) groups is 1. The van der Waals surface area contributed by atoms with Crippen LogP contribution in [0.25, 0.3) is 0 Å². The summed E-state index contributed by atoms with van der Waals surface area (Å²) in [5.41, 5.74) is 3.50. The summed E-state index contributed by atoms with van der Waals surface area (Å²) in [5, 5.41) is 14.9. The van der Waals surface area contributed by atoms with Crippen molar-refractivity contribution in [1.29, 1.82) is 0 Å². The summed E-state index contributed by atoms with van der Waals surface area (Å²) >= 11 is 3.38. The minimum atomic E-state index is -0.560. The zero-order valence-corrected chi connectivity index (χ0v) is 15.7. The summed E-state index contributed by atoms with van der Waals surface area (Å²) < 4.78 is 16.5. The maximum absolute atomic E-state index is 11.9. The Balaban J connectivity index is 1.58. The summed E-state index contributed by atoms with van der Waals surface area (Å²) in [4.78, 5) is 22.3. The molecule has 27 heavy (non-hydrogen) atoms. The van der Waals surface area contributed by atoms with Crippen LogP contribution in [0.3, 0.4) is 0 Å². The zero-order valence-electron chi connectivity index (χ0n) is 14.1. The van der Waals surface area contributed by atoms with Crippen LogP contribution in [0.15, 0.2) is 39.9 Å². The van der Waals surface area contributed by atoms with E-state index in [-0.39, 0.29) is 18.2 Å². The average molecular weight is 436 g/mol.